The zero-order valence-corrected chi connectivity index (χ0v) is 21.8. The number of anilines is 3. The SMILES string of the molecule is Cc1ccc(N(c2ccc3c(c2)C(C)(C)c2ccccc2-3)c2ccc3c(c2)c2ccccc2n3C)cc1. The molecule has 0 aliphatic heterocycles. The molecule has 1 aromatic heterocycles. The van der Waals surface area contributed by atoms with Crippen LogP contribution in [0.5, 0.6) is 0 Å². The molecule has 0 spiro atoms. The molecule has 1 heterocycles. The molecule has 0 N–H and O–H groups in total. The summed E-state index contributed by atoms with van der Waals surface area (Å²) in [6, 6.07) is 40.3. The van der Waals surface area contributed by atoms with Crippen LogP contribution in [0.15, 0.2) is 109 Å². The Morgan fingerprint density at radius 3 is 2.03 bits per heavy atom. The third-order valence-corrected chi connectivity index (χ3v) is 8.27. The van der Waals surface area contributed by atoms with E-state index in [1.54, 1.807) is 0 Å². The average molecular weight is 479 g/mol. The minimum Gasteiger partial charge on any atom is -0.344 e. The van der Waals surface area contributed by atoms with Crippen LogP contribution in [0.25, 0.3) is 32.9 Å². The van der Waals surface area contributed by atoms with Crippen LogP contribution < -0.4 is 4.90 Å². The Labute approximate surface area is 218 Å². The number of nitrogens with zero attached hydrogens (tertiary/aromatic N) is 2. The van der Waals surface area contributed by atoms with Crippen molar-refractivity contribution in [2.45, 2.75) is 26.2 Å². The van der Waals surface area contributed by atoms with E-state index in [1.165, 1.54) is 66.7 Å². The molecular formula is C35H30N2. The van der Waals surface area contributed by atoms with Gasteiger partial charge in [0.1, 0.15) is 0 Å². The van der Waals surface area contributed by atoms with Crippen molar-refractivity contribution >= 4 is 38.9 Å². The molecule has 0 radical (unpaired) electrons. The Hall–Kier alpha value is -4.30. The lowest BCUT2D eigenvalue weighted by molar-refractivity contribution is 0.660. The summed E-state index contributed by atoms with van der Waals surface area (Å²) in [7, 11) is 2.16. The van der Waals surface area contributed by atoms with Crippen LogP contribution in [0.4, 0.5) is 17.1 Å². The molecule has 0 unspecified atom stereocenters. The van der Waals surface area contributed by atoms with Crippen LogP contribution in [0, 0.1) is 6.92 Å². The number of aryl methyl sites for hydroxylation is 2. The molecule has 37 heavy (non-hydrogen) atoms. The van der Waals surface area contributed by atoms with E-state index in [0.29, 0.717) is 0 Å². The summed E-state index contributed by atoms with van der Waals surface area (Å²) < 4.78 is 2.29. The molecule has 1 aliphatic carbocycles. The van der Waals surface area contributed by atoms with Gasteiger partial charge in [0.05, 0.1) is 0 Å². The number of benzene rings is 5. The van der Waals surface area contributed by atoms with Gasteiger partial charge >= 0.3 is 0 Å². The van der Waals surface area contributed by atoms with Crippen LogP contribution in [-0.2, 0) is 12.5 Å². The fourth-order valence-electron chi connectivity index (χ4n) is 6.27. The molecule has 0 saturated heterocycles. The average Bonchev–Trinajstić information content (AvgIpc) is 3.33. The van der Waals surface area contributed by atoms with Crippen molar-refractivity contribution in [1.29, 1.82) is 0 Å². The summed E-state index contributed by atoms with van der Waals surface area (Å²) in [6.45, 7) is 6.84. The van der Waals surface area contributed by atoms with Gasteiger partial charge in [-0.1, -0.05) is 80.1 Å². The largest absolute Gasteiger partial charge is 0.344 e. The van der Waals surface area contributed by atoms with Gasteiger partial charge in [0.15, 0.2) is 0 Å². The summed E-state index contributed by atoms with van der Waals surface area (Å²) in [5.41, 5.74) is 12.7. The zero-order valence-electron chi connectivity index (χ0n) is 21.8. The maximum atomic E-state index is 2.41. The predicted molar refractivity (Wildman–Crippen MR) is 157 cm³/mol. The maximum absolute atomic E-state index is 2.41. The fraction of sp³-hybridized carbons (Fsp3) is 0.143. The van der Waals surface area contributed by atoms with Crippen LogP contribution in [0.1, 0.15) is 30.5 Å². The van der Waals surface area contributed by atoms with Gasteiger partial charge in [-0.25, -0.2) is 0 Å². The van der Waals surface area contributed by atoms with Crippen molar-refractivity contribution in [2.24, 2.45) is 7.05 Å². The van der Waals surface area contributed by atoms with Gasteiger partial charge < -0.3 is 9.47 Å². The van der Waals surface area contributed by atoms with Crippen LogP contribution >= 0.6 is 0 Å². The molecule has 180 valence electrons. The Balaban J connectivity index is 1.45. The van der Waals surface area contributed by atoms with E-state index >= 15 is 0 Å². The molecule has 5 aromatic carbocycles. The van der Waals surface area contributed by atoms with Crippen molar-refractivity contribution in [3.8, 4) is 11.1 Å². The molecule has 1 aliphatic rings. The topological polar surface area (TPSA) is 8.17 Å². The lowest BCUT2D eigenvalue weighted by Gasteiger charge is -2.28. The summed E-state index contributed by atoms with van der Waals surface area (Å²) >= 11 is 0. The smallest absolute Gasteiger partial charge is 0.0490 e. The van der Waals surface area contributed by atoms with Gasteiger partial charge in [-0.05, 0) is 77.7 Å². The Kier molecular flexibility index (Phi) is 4.65. The second kappa shape index (κ2) is 7.85. The Morgan fingerprint density at radius 1 is 0.568 bits per heavy atom. The Bertz CT molecular complexity index is 1820. The third kappa shape index (κ3) is 3.18. The van der Waals surface area contributed by atoms with Crippen LogP contribution in [0.2, 0.25) is 0 Å². The van der Waals surface area contributed by atoms with E-state index in [0.717, 1.165) is 0 Å². The summed E-state index contributed by atoms with van der Waals surface area (Å²) in [5.74, 6) is 0. The van der Waals surface area contributed by atoms with Gasteiger partial charge in [0.25, 0.3) is 0 Å². The van der Waals surface area contributed by atoms with E-state index in [9.17, 15) is 0 Å². The predicted octanol–water partition coefficient (Wildman–Crippen LogP) is 9.42. The molecular weight excluding hydrogens is 448 g/mol. The number of rotatable bonds is 3. The summed E-state index contributed by atoms with van der Waals surface area (Å²) in [4.78, 5) is 2.40. The molecule has 0 amide bonds. The number of para-hydroxylation sites is 1. The summed E-state index contributed by atoms with van der Waals surface area (Å²) in [5, 5.41) is 2.57. The first-order valence-corrected chi connectivity index (χ1v) is 13.0. The van der Waals surface area contributed by atoms with E-state index in [1.807, 2.05) is 0 Å². The van der Waals surface area contributed by atoms with Gasteiger partial charge in [0.2, 0.25) is 0 Å². The van der Waals surface area contributed by atoms with Crippen molar-refractivity contribution in [1.82, 2.24) is 4.57 Å². The first-order chi connectivity index (χ1) is 17.9. The molecule has 0 fully saturated rings. The lowest BCUT2D eigenvalue weighted by atomic mass is 9.82. The highest BCUT2D eigenvalue weighted by atomic mass is 15.1. The highest BCUT2D eigenvalue weighted by Crippen LogP contribution is 2.50. The molecule has 0 atom stereocenters. The van der Waals surface area contributed by atoms with E-state index in [2.05, 4.69) is 146 Å². The van der Waals surface area contributed by atoms with Gasteiger partial charge in [-0.2, -0.15) is 0 Å². The van der Waals surface area contributed by atoms with Gasteiger partial charge in [0, 0.05) is 51.3 Å². The fourth-order valence-corrected chi connectivity index (χ4v) is 6.27. The molecule has 0 bridgehead atoms. The first-order valence-electron chi connectivity index (χ1n) is 13.0. The lowest BCUT2D eigenvalue weighted by Crippen LogP contribution is -2.16. The Morgan fingerprint density at radius 2 is 1.19 bits per heavy atom. The molecule has 6 aromatic rings. The second-order valence-electron chi connectivity index (χ2n) is 10.8. The van der Waals surface area contributed by atoms with Crippen molar-refractivity contribution in [2.75, 3.05) is 4.90 Å². The normalized spacial score (nSPS) is 13.6. The van der Waals surface area contributed by atoms with Crippen molar-refractivity contribution in [3.05, 3.63) is 126 Å². The van der Waals surface area contributed by atoms with Crippen LogP contribution in [0.3, 0.4) is 0 Å². The maximum Gasteiger partial charge on any atom is 0.0490 e. The minimum absolute atomic E-state index is 0.0412. The second-order valence-corrected chi connectivity index (χ2v) is 10.8. The van der Waals surface area contributed by atoms with E-state index < -0.39 is 0 Å². The van der Waals surface area contributed by atoms with Crippen molar-refractivity contribution < 1.29 is 0 Å². The standard InChI is InChI=1S/C35H30N2/c1-23-13-15-24(16-14-23)37(25-18-20-34-30(21-25)29-10-6-8-12-33(29)36(34)4)26-17-19-28-27-9-5-7-11-31(27)35(2,3)32(28)22-26/h5-22H,1-4H3. The molecule has 2 nitrogen and oxygen atoms in total. The third-order valence-electron chi connectivity index (χ3n) is 8.27. The highest BCUT2D eigenvalue weighted by molar-refractivity contribution is 6.09. The minimum atomic E-state index is -0.0412. The number of hydrogen-bond donors (Lipinski definition) is 0. The molecule has 7 rings (SSSR count). The van der Waals surface area contributed by atoms with Gasteiger partial charge in [-0.15, -0.1) is 0 Å². The van der Waals surface area contributed by atoms with Crippen LogP contribution in [-0.4, -0.2) is 4.57 Å². The highest BCUT2D eigenvalue weighted by Gasteiger charge is 2.35. The molecule has 0 saturated carbocycles. The first kappa shape index (κ1) is 21.9. The number of hydrogen-bond acceptors (Lipinski definition) is 1. The van der Waals surface area contributed by atoms with E-state index in [4.69, 9.17) is 0 Å². The summed E-state index contributed by atoms with van der Waals surface area (Å²) in [6.07, 6.45) is 0. The van der Waals surface area contributed by atoms with Crippen molar-refractivity contribution in [3.63, 3.8) is 0 Å². The molecule has 2 heteroatoms. The van der Waals surface area contributed by atoms with Gasteiger partial charge in [-0.3, -0.25) is 0 Å². The quantitative estimate of drug-likeness (QED) is 0.246. The van der Waals surface area contributed by atoms with E-state index in [-0.39, 0.29) is 5.41 Å². The number of fused-ring (bicyclic) bond motifs is 6. The monoisotopic (exact) mass is 478 g/mol. The zero-order chi connectivity index (χ0) is 25.3. The number of aromatic nitrogens is 1.